The van der Waals surface area contributed by atoms with Crippen LogP contribution >= 0.6 is 0 Å². The minimum atomic E-state index is -0.261. The molecule has 1 aliphatic rings. The van der Waals surface area contributed by atoms with Crippen molar-refractivity contribution in [2.75, 3.05) is 10.6 Å². The third-order valence-electron chi connectivity index (χ3n) is 4.52. The molecule has 0 unspecified atom stereocenters. The molecule has 0 atom stereocenters. The first-order valence-electron chi connectivity index (χ1n) is 8.77. The summed E-state index contributed by atoms with van der Waals surface area (Å²) in [4.78, 5) is 27.9. The van der Waals surface area contributed by atoms with Gasteiger partial charge in [-0.2, -0.15) is 0 Å². The molecule has 0 bridgehead atoms. The van der Waals surface area contributed by atoms with E-state index in [4.69, 9.17) is 0 Å². The quantitative estimate of drug-likeness (QED) is 0.799. The molecule has 1 aliphatic carbocycles. The largest absolute Gasteiger partial charge is 0.382 e. The number of ketones is 1. The Balaban J connectivity index is 1.65. The van der Waals surface area contributed by atoms with Crippen molar-refractivity contribution in [3.8, 4) is 0 Å². The van der Waals surface area contributed by atoms with Crippen LogP contribution in [0, 0.1) is 0 Å². The number of carbonyl (C=O) groups is 2. The molecule has 2 N–H and O–H groups in total. The molecule has 1 aromatic heterocycles. The molecule has 1 aromatic carbocycles. The molecular formula is C20H23N3O2. The topological polar surface area (TPSA) is 71.1 Å². The second kappa shape index (κ2) is 7.92. The Hall–Kier alpha value is -2.69. The van der Waals surface area contributed by atoms with Gasteiger partial charge in [0, 0.05) is 29.2 Å². The lowest BCUT2D eigenvalue weighted by molar-refractivity contribution is 0.101. The molecule has 0 saturated heterocycles. The van der Waals surface area contributed by atoms with Gasteiger partial charge >= 0.3 is 0 Å². The van der Waals surface area contributed by atoms with Gasteiger partial charge < -0.3 is 10.6 Å². The van der Waals surface area contributed by atoms with E-state index in [-0.39, 0.29) is 11.7 Å². The maximum atomic E-state index is 12.4. The van der Waals surface area contributed by atoms with E-state index in [2.05, 4.69) is 15.6 Å². The molecule has 0 aliphatic heterocycles. The third kappa shape index (κ3) is 4.66. The summed E-state index contributed by atoms with van der Waals surface area (Å²) in [5, 5.41) is 6.32. The second-order valence-corrected chi connectivity index (χ2v) is 6.50. The van der Waals surface area contributed by atoms with Gasteiger partial charge in [-0.05, 0) is 56.2 Å². The fourth-order valence-electron chi connectivity index (χ4n) is 3.11. The summed E-state index contributed by atoms with van der Waals surface area (Å²) in [6.45, 7) is 1.52. The number of aromatic nitrogens is 1. The molecule has 0 radical (unpaired) electrons. The Bertz CT molecular complexity index is 750. The fraction of sp³-hybridized carbons (Fsp3) is 0.350. The maximum absolute atomic E-state index is 12.4. The normalized spacial score (nSPS) is 14.8. The molecule has 5 heteroatoms. The maximum Gasteiger partial charge on any atom is 0.274 e. The lowest BCUT2D eigenvalue weighted by Gasteiger charge is -2.23. The minimum absolute atomic E-state index is 0.000955. The highest BCUT2D eigenvalue weighted by Gasteiger charge is 2.14. The van der Waals surface area contributed by atoms with Gasteiger partial charge in [0.25, 0.3) is 5.91 Å². The summed E-state index contributed by atoms with van der Waals surface area (Å²) in [6.07, 6.45) is 7.82. The Kier molecular flexibility index (Phi) is 5.43. The van der Waals surface area contributed by atoms with Gasteiger partial charge in [0.05, 0.1) is 0 Å². The van der Waals surface area contributed by atoms with E-state index in [1.54, 1.807) is 36.5 Å². The zero-order valence-corrected chi connectivity index (χ0v) is 14.4. The Morgan fingerprint density at radius 3 is 2.40 bits per heavy atom. The highest BCUT2D eigenvalue weighted by molar-refractivity contribution is 6.03. The van der Waals surface area contributed by atoms with E-state index >= 15 is 0 Å². The van der Waals surface area contributed by atoms with Crippen molar-refractivity contribution in [1.29, 1.82) is 0 Å². The number of nitrogens with zero attached hydrogens (tertiary/aromatic N) is 1. The molecule has 1 fully saturated rings. The van der Waals surface area contributed by atoms with E-state index in [0.29, 0.717) is 23.0 Å². The number of nitrogens with one attached hydrogen (secondary N) is 2. The first-order valence-corrected chi connectivity index (χ1v) is 8.77. The summed E-state index contributed by atoms with van der Waals surface area (Å²) in [5.74, 6) is -0.260. The zero-order chi connectivity index (χ0) is 17.6. The summed E-state index contributed by atoms with van der Waals surface area (Å²) in [7, 11) is 0. The average Bonchev–Trinajstić information content (AvgIpc) is 2.63. The molecule has 1 saturated carbocycles. The van der Waals surface area contributed by atoms with Gasteiger partial charge in [-0.15, -0.1) is 0 Å². The predicted octanol–water partition coefficient (Wildman–Crippen LogP) is 4.28. The molecular weight excluding hydrogens is 314 g/mol. The predicted molar refractivity (Wildman–Crippen MR) is 99.1 cm³/mol. The Morgan fingerprint density at radius 1 is 1.00 bits per heavy atom. The Labute approximate surface area is 147 Å². The zero-order valence-electron chi connectivity index (χ0n) is 14.4. The Morgan fingerprint density at radius 2 is 1.72 bits per heavy atom. The lowest BCUT2D eigenvalue weighted by atomic mass is 9.95. The fourth-order valence-corrected chi connectivity index (χ4v) is 3.11. The van der Waals surface area contributed by atoms with Crippen molar-refractivity contribution in [2.45, 2.75) is 45.1 Å². The van der Waals surface area contributed by atoms with Crippen molar-refractivity contribution >= 4 is 23.1 Å². The number of pyridine rings is 1. The SMILES string of the molecule is CC(=O)c1ccc(NC(=O)c2cc(NC3CCCCC3)ccn2)cc1. The molecule has 130 valence electrons. The van der Waals surface area contributed by atoms with E-state index in [1.165, 1.54) is 39.0 Å². The van der Waals surface area contributed by atoms with Crippen LogP contribution in [0.3, 0.4) is 0 Å². The molecule has 2 aromatic rings. The minimum Gasteiger partial charge on any atom is -0.382 e. The van der Waals surface area contributed by atoms with Crippen LogP contribution in [0.5, 0.6) is 0 Å². The number of rotatable bonds is 5. The van der Waals surface area contributed by atoms with Crippen molar-refractivity contribution in [1.82, 2.24) is 4.98 Å². The van der Waals surface area contributed by atoms with E-state index in [9.17, 15) is 9.59 Å². The smallest absolute Gasteiger partial charge is 0.274 e. The highest BCUT2D eigenvalue weighted by Crippen LogP contribution is 2.22. The molecule has 5 nitrogen and oxygen atoms in total. The van der Waals surface area contributed by atoms with Crippen molar-refractivity contribution < 1.29 is 9.59 Å². The van der Waals surface area contributed by atoms with Crippen LogP contribution in [0.2, 0.25) is 0 Å². The van der Waals surface area contributed by atoms with E-state index < -0.39 is 0 Å². The van der Waals surface area contributed by atoms with Crippen LogP contribution in [-0.2, 0) is 0 Å². The van der Waals surface area contributed by atoms with Crippen molar-refractivity contribution in [2.24, 2.45) is 0 Å². The summed E-state index contributed by atoms with van der Waals surface area (Å²) >= 11 is 0. The average molecular weight is 337 g/mol. The van der Waals surface area contributed by atoms with Gasteiger partial charge in [-0.3, -0.25) is 14.6 Å². The third-order valence-corrected chi connectivity index (χ3v) is 4.52. The highest BCUT2D eigenvalue weighted by atomic mass is 16.2. The number of carbonyl (C=O) groups excluding carboxylic acids is 2. The summed E-state index contributed by atoms with van der Waals surface area (Å²) in [5.41, 5.74) is 2.56. The van der Waals surface area contributed by atoms with Crippen LogP contribution in [-0.4, -0.2) is 22.7 Å². The first-order chi connectivity index (χ1) is 12.1. The van der Waals surface area contributed by atoms with E-state index in [0.717, 1.165) is 5.69 Å². The van der Waals surface area contributed by atoms with Gasteiger partial charge in [0.1, 0.15) is 5.69 Å². The van der Waals surface area contributed by atoms with E-state index in [1.807, 2.05) is 6.07 Å². The van der Waals surface area contributed by atoms with Gasteiger partial charge in [-0.25, -0.2) is 0 Å². The van der Waals surface area contributed by atoms with Gasteiger partial charge in [0.15, 0.2) is 5.78 Å². The second-order valence-electron chi connectivity index (χ2n) is 6.50. The molecule has 3 rings (SSSR count). The number of anilines is 2. The van der Waals surface area contributed by atoms with Crippen LogP contribution in [0.4, 0.5) is 11.4 Å². The monoisotopic (exact) mass is 337 g/mol. The first kappa shape index (κ1) is 17.1. The molecule has 1 amide bonds. The van der Waals surface area contributed by atoms with Crippen molar-refractivity contribution in [3.05, 3.63) is 53.9 Å². The molecule has 0 spiro atoms. The summed E-state index contributed by atoms with van der Waals surface area (Å²) in [6, 6.07) is 11.0. The molecule has 1 heterocycles. The van der Waals surface area contributed by atoms with Crippen molar-refractivity contribution in [3.63, 3.8) is 0 Å². The van der Waals surface area contributed by atoms with Crippen LogP contribution < -0.4 is 10.6 Å². The number of hydrogen-bond donors (Lipinski definition) is 2. The van der Waals surface area contributed by atoms with Crippen LogP contribution in [0.1, 0.15) is 59.9 Å². The molecule has 25 heavy (non-hydrogen) atoms. The summed E-state index contributed by atoms with van der Waals surface area (Å²) < 4.78 is 0. The number of hydrogen-bond acceptors (Lipinski definition) is 4. The number of amides is 1. The number of benzene rings is 1. The van der Waals surface area contributed by atoms with Gasteiger partial charge in [0.2, 0.25) is 0 Å². The lowest BCUT2D eigenvalue weighted by Crippen LogP contribution is -2.22. The standard InChI is InChI=1S/C20H23N3O2/c1-14(24)15-7-9-17(10-8-15)23-20(25)19-13-18(11-12-21-19)22-16-5-3-2-4-6-16/h7-13,16H,2-6H2,1H3,(H,21,22)(H,23,25). The van der Waals surface area contributed by atoms with Crippen LogP contribution in [0.15, 0.2) is 42.6 Å². The van der Waals surface area contributed by atoms with Gasteiger partial charge in [-0.1, -0.05) is 19.3 Å². The number of Topliss-reactive ketones (excluding diaryl/α,β-unsaturated/α-hetero) is 1. The van der Waals surface area contributed by atoms with Crippen LogP contribution in [0.25, 0.3) is 0 Å².